The maximum absolute atomic E-state index is 11.5. The van der Waals surface area contributed by atoms with Crippen LogP contribution < -0.4 is 5.32 Å². The lowest BCUT2D eigenvalue weighted by Crippen LogP contribution is -2.38. The van der Waals surface area contributed by atoms with Crippen molar-refractivity contribution in [3.63, 3.8) is 0 Å². The van der Waals surface area contributed by atoms with Gasteiger partial charge in [0.25, 0.3) is 0 Å². The zero-order valence-electron chi connectivity index (χ0n) is 10.6. The number of hydrogen-bond acceptors (Lipinski definition) is 3. The number of alkyl carbamates (subject to hydrolysis) is 1. The van der Waals surface area contributed by atoms with Crippen molar-refractivity contribution < 1.29 is 14.6 Å². The molecule has 0 aromatic carbocycles. The third-order valence-corrected chi connectivity index (χ3v) is 1.78. The summed E-state index contributed by atoms with van der Waals surface area (Å²) in [6, 6.07) is -0.0769. The molecule has 0 saturated heterocycles. The highest BCUT2D eigenvalue weighted by atomic mass is 16.6. The van der Waals surface area contributed by atoms with E-state index in [1.54, 1.807) is 12.2 Å². The normalized spacial score (nSPS) is 13.8. The SMILES string of the molecule is CCC[C@@H](/C=C/CO)NC(=O)OC(C)(C)C. The van der Waals surface area contributed by atoms with Gasteiger partial charge in [0, 0.05) is 0 Å². The molecule has 4 heteroatoms. The van der Waals surface area contributed by atoms with E-state index in [0.717, 1.165) is 12.8 Å². The number of aliphatic hydroxyl groups is 1. The molecule has 0 saturated carbocycles. The molecule has 0 aliphatic rings. The number of aliphatic hydroxyl groups excluding tert-OH is 1. The first-order valence-electron chi connectivity index (χ1n) is 5.66. The van der Waals surface area contributed by atoms with Crippen LogP contribution in [0.1, 0.15) is 40.5 Å². The number of amides is 1. The van der Waals surface area contributed by atoms with Crippen molar-refractivity contribution in [1.82, 2.24) is 5.32 Å². The molecule has 16 heavy (non-hydrogen) atoms. The van der Waals surface area contributed by atoms with Crippen molar-refractivity contribution in [2.24, 2.45) is 0 Å². The molecule has 0 heterocycles. The van der Waals surface area contributed by atoms with Crippen LogP contribution in [-0.2, 0) is 4.74 Å². The van der Waals surface area contributed by atoms with Gasteiger partial charge in [-0.3, -0.25) is 0 Å². The first-order chi connectivity index (χ1) is 7.39. The molecule has 0 bridgehead atoms. The Balaban J connectivity index is 4.17. The number of hydrogen-bond donors (Lipinski definition) is 2. The third kappa shape index (κ3) is 8.29. The molecule has 1 atom stereocenters. The van der Waals surface area contributed by atoms with E-state index in [4.69, 9.17) is 9.84 Å². The Hall–Kier alpha value is -1.03. The van der Waals surface area contributed by atoms with E-state index < -0.39 is 11.7 Å². The van der Waals surface area contributed by atoms with Crippen LogP contribution in [0, 0.1) is 0 Å². The minimum atomic E-state index is -0.485. The van der Waals surface area contributed by atoms with Crippen LogP contribution in [0.25, 0.3) is 0 Å². The first kappa shape index (κ1) is 15.0. The van der Waals surface area contributed by atoms with Gasteiger partial charge in [0.15, 0.2) is 0 Å². The van der Waals surface area contributed by atoms with Gasteiger partial charge in [-0.2, -0.15) is 0 Å². The third-order valence-electron chi connectivity index (χ3n) is 1.78. The lowest BCUT2D eigenvalue weighted by Gasteiger charge is -2.22. The highest BCUT2D eigenvalue weighted by Crippen LogP contribution is 2.07. The van der Waals surface area contributed by atoms with Crippen molar-refractivity contribution in [3.05, 3.63) is 12.2 Å². The molecule has 94 valence electrons. The van der Waals surface area contributed by atoms with Crippen molar-refractivity contribution in [3.8, 4) is 0 Å². The average Bonchev–Trinajstić information content (AvgIpc) is 2.11. The number of rotatable bonds is 5. The second-order valence-corrected chi connectivity index (χ2v) is 4.65. The highest BCUT2D eigenvalue weighted by molar-refractivity contribution is 5.68. The van der Waals surface area contributed by atoms with E-state index in [0.29, 0.717) is 0 Å². The standard InChI is InChI=1S/C12H23NO3/c1-5-7-10(8-6-9-14)13-11(15)16-12(2,3)4/h6,8,10,14H,5,7,9H2,1-4H3,(H,13,15)/b8-6+/t10-/m0/s1. The molecule has 4 nitrogen and oxygen atoms in total. The smallest absolute Gasteiger partial charge is 0.408 e. The molecule has 0 unspecified atom stereocenters. The summed E-state index contributed by atoms with van der Waals surface area (Å²) in [5.41, 5.74) is -0.485. The van der Waals surface area contributed by atoms with Gasteiger partial charge < -0.3 is 15.2 Å². The average molecular weight is 229 g/mol. The Morgan fingerprint density at radius 1 is 1.50 bits per heavy atom. The predicted octanol–water partition coefficient (Wildman–Crippen LogP) is 2.23. The maximum atomic E-state index is 11.5. The molecule has 0 rings (SSSR count). The molecule has 0 aromatic heterocycles. The van der Waals surface area contributed by atoms with E-state index in [1.165, 1.54) is 0 Å². The van der Waals surface area contributed by atoms with Gasteiger partial charge in [0.1, 0.15) is 5.60 Å². The quantitative estimate of drug-likeness (QED) is 0.711. The van der Waals surface area contributed by atoms with Crippen molar-refractivity contribution >= 4 is 6.09 Å². The lowest BCUT2D eigenvalue weighted by atomic mass is 10.1. The molecule has 0 fully saturated rings. The van der Waals surface area contributed by atoms with Crippen LogP contribution in [0.2, 0.25) is 0 Å². The second-order valence-electron chi connectivity index (χ2n) is 4.65. The summed E-state index contributed by atoms with van der Waals surface area (Å²) >= 11 is 0. The molecule has 0 aliphatic heterocycles. The Kier molecular flexibility index (Phi) is 6.81. The zero-order valence-corrected chi connectivity index (χ0v) is 10.6. The van der Waals surface area contributed by atoms with Crippen molar-refractivity contribution in [2.75, 3.05) is 6.61 Å². The molecule has 0 aliphatic carbocycles. The first-order valence-corrected chi connectivity index (χ1v) is 5.66. The van der Waals surface area contributed by atoms with Crippen LogP contribution in [0.5, 0.6) is 0 Å². The van der Waals surface area contributed by atoms with Crippen molar-refractivity contribution in [2.45, 2.75) is 52.2 Å². The Morgan fingerprint density at radius 2 is 2.12 bits per heavy atom. The summed E-state index contributed by atoms with van der Waals surface area (Å²) in [6.07, 6.45) is 4.77. The van der Waals surface area contributed by atoms with Crippen LogP contribution in [0.15, 0.2) is 12.2 Å². The summed E-state index contributed by atoms with van der Waals surface area (Å²) in [4.78, 5) is 11.5. The summed E-state index contributed by atoms with van der Waals surface area (Å²) in [5.74, 6) is 0. The molecule has 1 amide bonds. The predicted molar refractivity (Wildman–Crippen MR) is 64.3 cm³/mol. The van der Waals surface area contributed by atoms with E-state index in [9.17, 15) is 4.79 Å². The topological polar surface area (TPSA) is 58.6 Å². The largest absolute Gasteiger partial charge is 0.444 e. The Bertz CT molecular complexity index is 231. The Morgan fingerprint density at radius 3 is 2.56 bits per heavy atom. The molecular weight excluding hydrogens is 206 g/mol. The second kappa shape index (κ2) is 7.28. The minimum absolute atomic E-state index is 0.0176. The molecule has 0 aromatic rings. The molecular formula is C12H23NO3. The molecule has 0 radical (unpaired) electrons. The minimum Gasteiger partial charge on any atom is -0.444 e. The van der Waals surface area contributed by atoms with E-state index >= 15 is 0 Å². The van der Waals surface area contributed by atoms with Crippen LogP contribution >= 0.6 is 0 Å². The van der Waals surface area contributed by atoms with Gasteiger partial charge in [-0.05, 0) is 27.2 Å². The number of nitrogens with one attached hydrogen (secondary N) is 1. The van der Waals surface area contributed by atoms with Crippen LogP contribution in [0.3, 0.4) is 0 Å². The maximum Gasteiger partial charge on any atom is 0.408 e. The van der Waals surface area contributed by atoms with Gasteiger partial charge in [0.2, 0.25) is 0 Å². The summed E-state index contributed by atoms with van der Waals surface area (Å²) in [6.45, 7) is 7.49. The molecule has 0 spiro atoms. The number of carbonyl (C=O) groups excluding carboxylic acids is 1. The number of ether oxygens (including phenoxy) is 1. The highest BCUT2D eigenvalue weighted by Gasteiger charge is 2.17. The summed E-state index contributed by atoms with van der Waals surface area (Å²) < 4.78 is 5.15. The van der Waals surface area contributed by atoms with Gasteiger partial charge >= 0.3 is 6.09 Å². The van der Waals surface area contributed by atoms with E-state index in [2.05, 4.69) is 5.32 Å². The fourth-order valence-electron chi connectivity index (χ4n) is 1.21. The Labute approximate surface area is 97.7 Å². The lowest BCUT2D eigenvalue weighted by molar-refractivity contribution is 0.0512. The number of carbonyl (C=O) groups is 1. The van der Waals surface area contributed by atoms with Gasteiger partial charge in [-0.25, -0.2) is 4.79 Å². The van der Waals surface area contributed by atoms with Gasteiger partial charge in [0.05, 0.1) is 12.6 Å². The monoisotopic (exact) mass is 229 g/mol. The zero-order chi connectivity index (χ0) is 12.6. The molecule has 2 N–H and O–H groups in total. The van der Waals surface area contributed by atoms with Gasteiger partial charge in [-0.15, -0.1) is 0 Å². The van der Waals surface area contributed by atoms with Crippen molar-refractivity contribution in [1.29, 1.82) is 0 Å². The van der Waals surface area contributed by atoms with E-state index in [1.807, 2.05) is 27.7 Å². The summed E-state index contributed by atoms with van der Waals surface area (Å²) in [5, 5.41) is 11.4. The fourth-order valence-corrected chi connectivity index (χ4v) is 1.21. The van der Waals surface area contributed by atoms with Crippen LogP contribution in [-0.4, -0.2) is 29.4 Å². The van der Waals surface area contributed by atoms with Crippen LogP contribution in [0.4, 0.5) is 4.79 Å². The van der Waals surface area contributed by atoms with Gasteiger partial charge in [-0.1, -0.05) is 25.5 Å². The fraction of sp³-hybridized carbons (Fsp3) is 0.750. The van der Waals surface area contributed by atoms with E-state index in [-0.39, 0.29) is 12.6 Å². The summed E-state index contributed by atoms with van der Waals surface area (Å²) in [7, 11) is 0.